The van der Waals surface area contributed by atoms with E-state index in [1.807, 2.05) is 49.4 Å². The molecule has 39 heavy (non-hydrogen) atoms. The van der Waals surface area contributed by atoms with Crippen molar-refractivity contribution >= 4 is 28.5 Å². The van der Waals surface area contributed by atoms with Crippen LogP contribution in [-0.2, 0) is 29.0 Å². The van der Waals surface area contributed by atoms with Crippen LogP contribution >= 0.6 is 0 Å². The number of hydrogen-bond donors (Lipinski definition) is 1. The average Bonchev–Trinajstić information content (AvgIpc) is 3.43. The van der Waals surface area contributed by atoms with Gasteiger partial charge < -0.3 is 19.5 Å². The Morgan fingerprint density at radius 1 is 1.03 bits per heavy atom. The summed E-state index contributed by atoms with van der Waals surface area (Å²) in [7, 11) is 0. The van der Waals surface area contributed by atoms with Gasteiger partial charge in [-0.25, -0.2) is 4.79 Å². The molecule has 6 rings (SSSR count). The van der Waals surface area contributed by atoms with Gasteiger partial charge in [0, 0.05) is 54.5 Å². The molecule has 1 aromatic heterocycles. The number of para-hydroxylation sites is 1. The summed E-state index contributed by atoms with van der Waals surface area (Å²) in [5, 5.41) is 3.57. The monoisotopic (exact) mass is 523 g/mol. The van der Waals surface area contributed by atoms with Gasteiger partial charge in [0.25, 0.3) is 5.91 Å². The third-order valence-electron chi connectivity index (χ3n) is 7.13. The lowest BCUT2D eigenvalue weighted by atomic mass is 9.95. The minimum atomic E-state index is -0.963. The number of aromatic nitrogens is 1. The highest BCUT2D eigenvalue weighted by Gasteiger charge is 2.30. The maximum Gasteiger partial charge on any atom is 0.340 e. The number of ether oxygens (including phenoxy) is 3. The number of esters is 1. The third kappa shape index (κ3) is 5.15. The number of nitrogens with zero attached hydrogens (tertiary/aromatic N) is 2. The summed E-state index contributed by atoms with van der Waals surface area (Å²) < 4.78 is 16.6. The fraction of sp³-hybridized carbons (Fsp3) is 0.258. The molecule has 8 nitrogen and oxygen atoms in total. The molecule has 0 spiro atoms. The number of hydrogen-bond acceptors (Lipinski definition) is 7. The van der Waals surface area contributed by atoms with E-state index >= 15 is 0 Å². The van der Waals surface area contributed by atoms with Crippen LogP contribution in [0.15, 0.2) is 72.8 Å². The summed E-state index contributed by atoms with van der Waals surface area (Å²) in [6.07, 6.45) is 0.0947. The van der Waals surface area contributed by atoms with Gasteiger partial charge in [0.05, 0.1) is 11.1 Å². The van der Waals surface area contributed by atoms with Gasteiger partial charge in [0.1, 0.15) is 0 Å². The minimum absolute atomic E-state index is 0.148. The predicted molar refractivity (Wildman–Crippen MR) is 147 cm³/mol. The van der Waals surface area contributed by atoms with Crippen molar-refractivity contribution in [2.24, 2.45) is 0 Å². The van der Waals surface area contributed by atoms with Crippen molar-refractivity contribution in [3.63, 3.8) is 0 Å². The van der Waals surface area contributed by atoms with Gasteiger partial charge in [0.15, 0.2) is 17.6 Å². The Hall–Kier alpha value is -4.43. The zero-order chi connectivity index (χ0) is 26.8. The second-order valence-electron chi connectivity index (χ2n) is 9.73. The Morgan fingerprint density at radius 3 is 2.67 bits per heavy atom. The lowest BCUT2D eigenvalue weighted by Crippen LogP contribution is -2.34. The Labute approximate surface area is 226 Å². The lowest BCUT2D eigenvalue weighted by Gasteiger charge is -2.30. The SMILES string of the molecule is CCC(OC(=O)c1c2c(nc3ccccc13)CCN(Cc1ccccc1)C2)C(=O)Nc1ccc2c(c1)OCO2. The molecule has 0 fully saturated rings. The number of anilines is 1. The summed E-state index contributed by atoms with van der Waals surface area (Å²) >= 11 is 0. The van der Waals surface area contributed by atoms with Crippen molar-refractivity contribution in [2.45, 2.75) is 39.0 Å². The fourth-order valence-electron chi connectivity index (χ4n) is 5.16. The Balaban J connectivity index is 1.26. The van der Waals surface area contributed by atoms with Gasteiger partial charge in [-0.15, -0.1) is 0 Å². The molecule has 8 heteroatoms. The second kappa shape index (κ2) is 10.7. The summed E-state index contributed by atoms with van der Waals surface area (Å²) in [5.41, 5.74) is 4.77. The van der Waals surface area contributed by atoms with Gasteiger partial charge in [-0.3, -0.25) is 14.7 Å². The van der Waals surface area contributed by atoms with Crippen molar-refractivity contribution in [3.8, 4) is 11.5 Å². The summed E-state index contributed by atoms with van der Waals surface area (Å²) in [6.45, 7) is 4.16. The zero-order valence-corrected chi connectivity index (χ0v) is 21.7. The van der Waals surface area contributed by atoms with Crippen LogP contribution in [0, 0.1) is 0 Å². The minimum Gasteiger partial charge on any atom is -0.454 e. The Bertz CT molecular complexity index is 1540. The first-order valence-electron chi connectivity index (χ1n) is 13.2. The van der Waals surface area contributed by atoms with E-state index in [9.17, 15) is 9.59 Å². The summed E-state index contributed by atoms with van der Waals surface area (Å²) in [5.74, 6) is 0.275. The number of fused-ring (bicyclic) bond motifs is 3. The standard InChI is InChI=1S/C31H29N3O5/c1-2-26(30(35)32-21-12-13-27-28(16-21)38-19-37-27)39-31(36)29-22-10-6-7-11-24(22)33-25-14-15-34(18-23(25)29)17-20-8-4-3-5-9-20/h3-13,16,26H,2,14-15,17-19H2,1H3,(H,32,35). The molecular formula is C31H29N3O5. The van der Waals surface area contributed by atoms with Gasteiger partial charge in [-0.1, -0.05) is 55.5 Å². The smallest absolute Gasteiger partial charge is 0.340 e. The molecule has 2 aliphatic heterocycles. The van der Waals surface area contributed by atoms with Crippen LogP contribution in [0.25, 0.3) is 10.9 Å². The molecule has 4 aromatic rings. The van der Waals surface area contributed by atoms with Crippen LogP contribution in [0.3, 0.4) is 0 Å². The van der Waals surface area contributed by atoms with Crippen LogP contribution in [0.4, 0.5) is 5.69 Å². The predicted octanol–water partition coefficient (Wildman–Crippen LogP) is 5.10. The van der Waals surface area contributed by atoms with Crippen LogP contribution in [-0.4, -0.2) is 41.2 Å². The van der Waals surface area contributed by atoms with Crippen LogP contribution < -0.4 is 14.8 Å². The quantitative estimate of drug-likeness (QED) is 0.337. The van der Waals surface area contributed by atoms with E-state index in [0.29, 0.717) is 35.7 Å². The second-order valence-corrected chi connectivity index (χ2v) is 9.73. The molecular weight excluding hydrogens is 494 g/mol. The molecule has 0 radical (unpaired) electrons. The van der Waals surface area contributed by atoms with E-state index in [1.54, 1.807) is 18.2 Å². The van der Waals surface area contributed by atoms with Gasteiger partial charge in [0.2, 0.25) is 6.79 Å². The highest BCUT2D eigenvalue weighted by molar-refractivity contribution is 6.06. The van der Waals surface area contributed by atoms with E-state index < -0.39 is 18.0 Å². The number of rotatable bonds is 7. The number of benzene rings is 3. The topological polar surface area (TPSA) is 90.0 Å². The van der Waals surface area contributed by atoms with Gasteiger partial charge in [-0.05, 0) is 30.2 Å². The summed E-state index contributed by atoms with van der Waals surface area (Å²) in [6, 6.07) is 23.0. The summed E-state index contributed by atoms with van der Waals surface area (Å²) in [4.78, 5) is 34.1. The fourth-order valence-corrected chi connectivity index (χ4v) is 5.16. The maximum atomic E-state index is 13.8. The largest absolute Gasteiger partial charge is 0.454 e. The van der Waals surface area contributed by atoms with Gasteiger partial charge >= 0.3 is 5.97 Å². The molecule has 1 atom stereocenters. The highest BCUT2D eigenvalue weighted by Crippen LogP contribution is 2.34. The molecule has 3 aromatic carbocycles. The Morgan fingerprint density at radius 2 is 1.82 bits per heavy atom. The zero-order valence-electron chi connectivity index (χ0n) is 21.7. The van der Waals surface area contributed by atoms with E-state index in [1.165, 1.54) is 5.56 Å². The van der Waals surface area contributed by atoms with E-state index in [4.69, 9.17) is 19.2 Å². The van der Waals surface area contributed by atoms with E-state index in [2.05, 4.69) is 22.3 Å². The molecule has 1 amide bonds. The number of amides is 1. The molecule has 198 valence electrons. The van der Waals surface area contributed by atoms with Gasteiger partial charge in [-0.2, -0.15) is 0 Å². The molecule has 1 N–H and O–H groups in total. The first-order valence-corrected chi connectivity index (χ1v) is 13.2. The van der Waals surface area contributed by atoms with Crippen molar-refractivity contribution < 1.29 is 23.8 Å². The molecule has 1 unspecified atom stereocenters. The number of carbonyl (C=O) groups is 2. The Kier molecular flexibility index (Phi) is 6.85. The van der Waals surface area contributed by atoms with E-state index in [-0.39, 0.29) is 6.79 Å². The molecule has 3 heterocycles. The molecule has 0 saturated heterocycles. The molecule has 2 aliphatic rings. The number of pyridine rings is 1. The number of nitrogens with one attached hydrogen (secondary N) is 1. The van der Waals surface area contributed by atoms with Crippen molar-refractivity contribution in [2.75, 3.05) is 18.7 Å². The first-order chi connectivity index (χ1) is 19.1. The lowest BCUT2D eigenvalue weighted by molar-refractivity contribution is -0.124. The normalized spacial score (nSPS) is 15.0. The number of carbonyl (C=O) groups excluding carboxylic acids is 2. The van der Waals surface area contributed by atoms with Crippen LogP contribution in [0.1, 0.15) is 40.5 Å². The molecule has 0 aliphatic carbocycles. The van der Waals surface area contributed by atoms with Crippen molar-refractivity contribution in [1.29, 1.82) is 0 Å². The van der Waals surface area contributed by atoms with Crippen molar-refractivity contribution in [1.82, 2.24) is 9.88 Å². The van der Waals surface area contributed by atoms with Crippen molar-refractivity contribution in [3.05, 3.63) is 95.2 Å². The van der Waals surface area contributed by atoms with Crippen LogP contribution in [0.2, 0.25) is 0 Å². The molecule has 0 saturated carbocycles. The molecule has 0 bridgehead atoms. The van der Waals surface area contributed by atoms with E-state index in [0.717, 1.165) is 41.7 Å². The average molecular weight is 524 g/mol. The first kappa shape index (κ1) is 24.9. The van der Waals surface area contributed by atoms with Crippen LogP contribution in [0.5, 0.6) is 11.5 Å². The third-order valence-corrected chi connectivity index (χ3v) is 7.13. The maximum absolute atomic E-state index is 13.8. The highest BCUT2D eigenvalue weighted by atomic mass is 16.7.